The molecule has 0 spiro atoms. The number of ether oxygens (including phenoxy) is 1. The van der Waals surface area contributed by atoms with E-state index >= 15 is 0 Å². The third-order valence-electron chi connectivity index (χ3n) is 5.30. The Balaban J connectivity index is 1.59. The van der Waals surface area contributed by atoms with Crippen LogP contribution >= 0.6 is 0 Å². The van der Waals surface area contributed by atoms with E-state index in [9.17, 15) is 4.79 Å². The molecule has 1 aromatic heterocycles. The highest BCUT2D eigenvalue weighted by Gasteiger charge is 2.11. The first-order chi connectivity index (χ1) is 14.6. The lowest BCUT2D eigenvalue weighted by Gasteiger charge is -2.14. The number of carbonyl (C=O) groups is 1. The molecule has 0 saturated heterocycles. The first-order valence-electron chi connectivity index (χ1n) is 10.2. The summed E-state index contributed by atoms with van der Waals surface area (Å²) in [7, 11) is 0. The van der Waals surface area contributed by atoms with Gasteiger partial charge in [-0.25, -0.2) is 0 Å². The number of carboxylic acid groups (broad SMARTS) is 1. The van der Waals surface area contributed by atoms with Crippen LogP contribution in [0.1, 0.15) is 23.1 Å². The first-order valence-corrected chi connectivity index (χ1v) is 10.2. The molecule has 4 heteroatoms. The minimum absolute atomic E-state index is 0.115. The Kier molecular flexibility index (Phi) is 5.84. The normalized spacial score (nSPS) is 11.0. The van der Waals surface area contributed by atoms with Crippen LogP contribution in [-0.2, 0) is 17.6 Å². The van der Waals surface area contributed by atoms with Crippen LogP contribution in [0.2, 0.25) is 0 Å². The smallest absolute Gasteiger partial charge is 0.303 e. The summed E-state index contributed by atoms with van der Waals surface area (Å²) in [5.74, 6) is 0.0276. The Morgan fingerprint density at radius 3 is 2.53 bits per heavy atom. The van der Waals surface area contributed by atoms with Crippen molar-refractivity contribution in [1.82, 2.24) is 4.98 Å². The number of hydrogen-bond donors (Lipinski definition) is 2. The standard InChI is InChI=1S/C26H25NO3/c1-18-2-4-19(5-3-18)13-15-30-25-10-6-20(7-11-26(28)29)16-23(25)21-8-9-24-22(17-21)12-14-27-24/h2-6,8-10,12,14,16-17,27H,7,11,13,15H2,1H3,(H,28,29). The van der Waals surface area contributed by atoms with Crippen molar-refractivity contribution in [2.24, 2.45) is 0 Å². The van der Waals surface area contributed by atoms with E-state index in [0.29, 0.717) is 13.0 Å². The minimum Gasteiger partial charge on any atom is -0.493 e. The van der Waals surface area contributed by atoms with E-state index in [-0.39, 0.29) is 6.42 Å². The van der Waals surface area contributed by atoms with E-state index in [2.05, 4.69) is 60.4 Å². The van der Waals surface area contributed by atoms with Crippen molar-refractivity contribution < 1.29 is 14.6 Å². The Hall–Kier alpha value is -3.53. The molecule has 4 nitrogen and oxygen atoms in total. The summed E-state index contributed by atoms with van der Waals surface area (Å²) in [4.78, 5) is 14.2. The van der Waals surface area contributed by atoms with Crippen LogP contribution in [0.25, 0.3) is 22.0 Å². The monoisotopic (exact) mass is 399 g/mol. The van der Waals surface area contributed by atoms with Gasteiger partial charge in [-0.2, -0.15) is 0 Å². The SMILES string of the molecule is Cc1ccc(CCOc2ccc(CCC(=O)O)cc2-c2ccc3[nH]ccc3c2)cc1. The molecule has 0 aliphatic rings. The lowest BCUT2D eigenvalue weighted by molar-refractivity contribution is -0.136. The third-order valence-corrected chi connectivity index (χ3v) is 5.30. The number of rotatable bonds is 8. The Morgan fingerprint density at radius 2 is 1.73 bits per heavy atom. The molecular weight excluding hydrogens is 374 g/mol. The molecule has 1 heterocycles. The van der Waals surface area contributed by atoms with E-state index in [1.54, 1.807) is 0 Å². The number of H-pyrrole nitrogens is 1. The van der Waals surface area contributed by atoms with Crippen molar-refractivity contribution in [3.63, 3.8) is 0 Å². The molecule has 4 aromatic rings. The zero-order valence-electron chi connectivity index (χ0n) is 17.0. The Bertz CT molecular complexity index is 1160. The molecule has 0 bridgehead atoms. The second-order valence-electron chi connectivity index (χ2n) is 7.59. The quantitative estimate of drug-likeness (QED) is 0.395. The van der Waals surface area contributed by atoms with Crippen molar-refractivity contribution in [1.29, 1.82) is 0 Å². The van der Waals surface area contributed by atoms with Crippen LogP contribution in [-0.4, -0.2) is 22.7 Å². The van der Waals surface area contributed by atoms with Gasteiger partial charge in [0.05, 0.1) is 6.61 Å². The lowest BCUT2D eigenvalue weighted by atomic mass is 9.99. The van der Waals surface area contributed by atoms with Crippen LogP contribution in [0.4, 0.5) is 0 Å². The van der Waals surface area contributed by atoms with E-state index in [1.807, 2.05) is 24.4 Å². The van der Waals surface area contributed by atoms with E-state index in [1.165, 1.54) is 11.1 Å². The van der Waals surface area contributed by atoms with Gasteiger partial charge in [-0.3, -0.25) is 4.79 Å². The second-order valence-corrected chi connectivity index (χ2v) is 7.59. The van der Waals surface area contributed by atoms with Crippen molar-refractivity contribution in [3.05, 3.63) is 89.6 Å². The zero-order chi connectivity index (χ0) is 20.9. The zero-order valence-corrected chi connectivity index (χ0v) is 17.0. The van der Waals surface area contributed by atoms with Gasteiger partial charge in [0.1, 0.15) is 5.75 Å². The first kappa shape index (κ1) is 19.8. The highest BCUT2D eigenvalue weighted by molar-refractivity contribution is 5.86. The van der Waals surface area contributed by atoms with Gasteiger partial charge in [-0.05, 0) is 65.8 Å². The third kappa shape index (κ3) is 4.71. The van der Waals surface area contributed by atoms with Crippen molar-refractivity contribution in [2.75, 3.05) is 6.61 Å². The number of benzene rings is 3. The molecule has 0 amide bonds. The minimum atomic E-state index is -0.788. The molecule has 4 rings (SSSR count). The maximum absolute atomic E-state index is 11.0. The highest BCUT2D eigenvalue weighted by Crippen LogP contribution is 2.33. The molecule has 0 fully saturated rings. The average molecular weight is 399 g/mol. The van der Waals surface area contributed by atoms with Gasteiger partial charge < -0.3 is 14.8 Å². The Morgan fingerprint density at radius 1 is 0.933 bits per heavy atom. The molecule has 0 aliphatic carbocycles. The summed E-state index contributed by atoms with van der Waals surface area (Å²) < 4.78 is 6.18. The summed E-state index contributed by atoms with van der Waals surface area (Å²) >= 11 is 0. The van der Waals surface area contributed by atoms with E-state index in [4.69, 9.17) is 9.84 Å². The Labute approximate surface area is 176 Å². The van der Waals surface area contributed by atoms with Crippen molar-refractivity contribution in [3.8, 4) is 16.9 Å². The molecule has 152 valence electrons. The number of aryl methyl sites for hydroxylation is 2. The fourth-order valence-corrected chi connectivity index (χ4v) is 3.59. The van der Waals surface area contributed by atoms with E-state index in [0.717, 1.165) is 39.8 Å². The fraction of sp³-hybridized carbons (Fsp3) is 0.192. The fourth-order valence-electron chi connectivity index (χ4n) is 3.59. The van der Waals surface area contributed by atoms with Gasteiger partial charge >= 0.3 is 5.97 Å². The molecule has 3 aromatic carbocycles. The van der Waals surface area contributed by atoms with Crippen LogP contribution in [0.15, 0.2) is 72.9 Å². The van der Waals surface area contributed by atoms with Gasteiger partial charge in [0, 0.05) is 30.1 Å². The lowest BCUT2D eigenvalue weighted by Crippen LogP contribution is -2.03. The number of aliphatic carboxylic acids is 1. The van der Waals surface area contributed by atoms with Crippen LogP contribution in [0, 0.1) is 6.92 Å². The number of hydrogen-bond acceptors (Lipinski definition) is 2. The molecule has 0 radical (unpaired) electrons. The summed E-state index contributed by atoms with van der Waals surface area (Å²) in [6.07, 6.45) is 3.37. The summed E-state index contributed by atoms with van der Waals surface area (Å²) in [5, 5.41) is 10.2. The number of nitrogens with one attached hydrogen (secondary N) is 1. The summed E-state index contributed by atoms with van der Waals surface area (Å²) in [5.41, 5.74) is 6.62. The molecule has 30 heavy (non-hydrogen) atoms. The van der Waals surface area contributed by atoms with Crippen molar-refractivity contribution >= 4 is 16.9 Å². The average Bonchev–Trinajstić information content (AvgIpc) is 3.22. The van der Waals surface area contributed by atoms with Gasteiger partial charge in [0.2, 0.25) is 0 Å². The maximum atomic E-state index is 11.0. The largest absolute Gasteiger partial charge is 0.493 e. The summed E-state index contributed by atoms with van der Waals surface area (Å²) in [6.45, 7) is 2.66. The van der Waals surface area contributed by atoms with Crippen LogP contribution in [0.3, 0.4) is 0 Å². The molecular formula is C26H25NO3. The summed E-state index contributed by atoms with van der Waals surface area (Å²) in [6, 6.07) is 22.8. The predicted octanol–water partition coefficient (Wildman–Crippen LogP) is 5.78. The van der Waals surface area contributed by atoms with Gasteiger partial charge in [0.15, 0.2) is 0 Å². The topological polar surface area (TPSA) is 62.3 Å². The molecule has 0 saturated carbocycles. The van der Waals surface area contributed by atoms with E-state index < -0.39 is 5.97 Å². The predicted molar refractivity (Wildman–Crippen MR) is 120 cm³/mol. The number of aromatic amines is 1. The number of carboxylic acids is 1. The van der Waals surface area contributed by atoms with Gasteiger partial charge in [0.25, 0.3) is 0 Å². The molecule has 2 N–H and O–H groups in total. The number of fused-ring (bicyclic) bond motifs is 1. The van der Waals surface area contributed by atoms with Crippen LogP contribution < -0.4 is 4.74 Å². The molecule has 0 aliphatic heterocycles. The second kappa shape index (κ2) is 8.87. The highest BCUT2D eigenvalue weighted by atomic mass is 16.5. The van der Waals surface area contributed by atoms with Gasteiger partial charge in [-0.15, -0.1) is 0 Å². The van der Waals surface area contributed by atoms with Crippen LogP contribution in [0.5, 0.6) is 5.75 Å². The maximum Gasteiger partial charge on any atom is 0.303 e. The van der Waals surface area contributed by atoms with Gasteiger partial charge in [-0.1, -0.05) is 42.0 Å². The number of aromatic nitrogens is 1. The molecule has 0 atom stereocenters. The van der Waals surface area contributed by atoms with Crippen molar-refractivity contribution in [2.45, 2.75) is 26.2 Å². The molecule has 0 unspecified atom stereocenters.